The zero-order valence-corrected chi connectivity index (χ0v) is 8.76. The molecule has 2 nitrogen and oxygen atoms in total. The number of hydrogen-bond acceptors (Lipinski definition) is 2. The van der Waals surface area contributed by atoms with Gasteiger partial charge in [-0.3, -0.25) is 9.97 Å². The molecule has 0 aliphatic rings. The quantitative estimate of drug-likeness (QED) is 0.678. The van der Waals surface area contributed by atoms with Crippen molar-refractivity contribution in [2.45, 2.75) is 0 Å². The van der Waals surface area contributed by atoms with Gasteiger partial charge in [0.25, 0.3) is 0 Å². The van der Waals surface area contributed by atoms with E-state index in [1.54, 1.807) is 24.8 Å². The summed E-state index contributed by atoms with van der Waals surface area (Å²) < 4.78 is 0. The van der Waals surface area contributed by atoms with E-state index >= 15 is 0 Å². The van der Waals surface area contributed by atoms with Gasteiger partial charge < -0.3 is 0 Å². The van der Waals surface area contributed by atoms with E-state index in [9.17, 15) is 0 Å². The first kappa shape index (κ1) is 11.9. The predicted molar refractivity (Wildman–Crippen MR) is 48.5 cm³/mol. The fourth-order valence-electron chi connectivity index (χ4n) is 0.625. The Kier molecular flexibility index (Phi) is 8.27. The zero-order chi connectivity index (χ0) is 8.49. The average molecular weight is 259 g/mol. The molecule has 0 radical (unpaired) electrons. The maximum atomic E-state index is 3.78. The molecule has 2 aromatic heterocycles. The van der Waals surface area contributed by atoms with E-state index in [4.69, 9.17) is 0 Å². The predicted octanol–water partition coefficient (Wildman–Crippen LogP) is 2.16. The molecule has 2 aromatic rings. The third-order valence-corrected chi connectivity index (χ3v) is 1.13. The molecule has 0 aliphatic heterocycles. The standard InChI is InChI=1S/2C5H5N.Ru/c2*1-2-4-6-5-3-1;/h2*1-5H;. The Morgan fingerprint density at radius 1 is 0.462 bits per heavy atom. The monoisotopic (exact) mass is 260 g/mol. The molecule has 2 rings (SSSR count). The fourth-order valence-corrected chi connectivity index (χ4v) is 0.625. The molecule has 68 valence electrons. The molecule has 2 heterocycles. The van der Waals surface area contributed by atoms with Crippen molar-refractivity contribution in [3.8, 4) is 0 Å². The van der Waals surface area contributed by atoms with Crippen LogP contribution in [0, 0.1) is 0 Å². The second-order valence-corrected chi connectivity index (χ2v) is 2.05. The smallest absolute Gasteiger partial charge is 0.0267 e. The minimum atomic E-state index is 0. The summed E-state index contributed by atoms with van der Waals surface area (Å²) in [7, 11) is 0. The third kappa shape index (κ3) is 7.29. The van der Waals surface area contributed by atoms with Gasteiger partial charge in [0.05, 0.1) is 0 Å². The Balaban J connectivity index is 0.000000206. The molecule has 0 amide bonds. The first-order chi connectivity index (χ1) is 6.00. The van der Waals surface area contributed by atoms with Crippen molar-refractivity contribution in [1.82, 2.24) is 9.97 Å². The molecule has 0 spiro atoms. The van der Waals surface area contributed by atoms with Crippen LogP contribution in [0.2, 0.25) is 0 Å². The molecule has 3 heteroatoms. The van der Waals surface area contributed by atoms with Crippen molar-refractivity contribution in [2.75, 3.05) is 0 Å². The number of nitrogens with zero attached hydrogens (tertiary/aromatic N) is 2. The van der Waals surface area contributed by atoms with Gasteiger partial charge in [-0.1, -0.05) is 12.1 Å². The Bertz CT molecular complexity index is 188. The van der Waals surface area contributed by atoms with Crippen molar-refractivity contribution in [1.29, 1.82) is 0 Å². The summed E-state index contributed by atoms with van der Waals surface area (Å²) in [6, 6.07) is 11.4. The average Bonchev–Trinajstić information content (AvgIpc) is 2.24. The van der Waals surface area contributed by atoms with Crippen molar-refractivity contribution < 1.29 is 19.5 Å². The number of pyridine rings is 2. The van der Waals surface area contributed by atoms with Crippen molar-refractivity contribution >= 4 is 0 Å². The maximum Gasteiger partial charge on any atom is 0.0267 e. The largest absolute Gasteiger partial charge is 0.265 e. The SMILES string of the molecule is [Ru].c1ccncc1.c1ccncc1. The summed E-state index contributed by atoms with van der Waals surface area (Å²) in [6.07, 6.45) is 7.00. The van der Waals surface area contributed by atoms with Gasteiger partial charge in [0, 0.05) is 44.3 Å². The summed E-state index contributed by atoms with van der Waals surface area (Å²) in [6.45, 7) is 0. The Labute approximate surface area is 90.8 Å². The van der Waals surface area contributed by atoms with E-state index in [1.165, 1.54) is 0 Å². The normalized spacial score (nSPS) is 7.38. The van der Waals surface area contributed by atoms with E-state index in [0.29, 0.717) is 0 Å². The molecular weight excluding hydrogens is 249 g/mol. The molecule has 13 heavy (non-hydrogen) atoms. The topological polar surface area (TPSA) is 25.8 Å². The minimum Gasteiger partial charge on any atom is -0.265 e. The van der Waals surface area contributed by atoms with Crippen LogP contribution >= 0.6 is 0 Å². The zero-order valence-electron chi connectivity index (χ0n) is 7.02. The van der Waals surface area contributed by atoms with E-state index in [1.807, 2.05) is 36.4 Å². The first-order valence-corrected chi connectivity index (χ1v) is 3.70. The van der Waals surface area contributed by atoms with Gasteiger partial charge in [-0.2, -0.15) is 0 Å². The number of rotatable bonds is 0. The molecule has 0 unspecified atom stereocenters. The van der Waals surface area contributed by atoms with Gasteiger partial charge in [-0.15, -0.1) is 0 Å². The van der Waals surface area contributed by atoms with Gasteiger partial charge in [-0.25, -0.2) is 0 Å². The molecule has 0 bridgehead atoms. The second kappa shape index (κ2) is 9.01. The first-order valence-electron chi connectivity index (χ1n) is 3.70. The van der Waals surface area contributed by atoms with Crippen LogP contribution in [0.5, 0.6) is 0 Å². The number of aromatic nitrogens is 2. The van der Waals surface area contributed by atoms with Crippen LogP contribution in [0.4, 0.5) is 0 Å². The molecule has 0 atom stereocenters. The van der Waals surface area contributed by atoms with Gasteiger partial charge in [-0.05, 0) is 24.3 Å². The summed E-state index contributed by atoms with van der Waals surface area (Å²) in [5.74, 6) is 0. The van der Waals surface area contributed by atoms with Crippen LogP contribution in [0.1, 0.15) is 0 Å². The summed E-state index contributed by atoms with van der Waals surface area (Å²) >= 11 is 0. The van der Waals surface area contributed by atoms with Crippen LogP contribution in [0.25, 0.3) is 0 Å². The van der Waals surface area contributed by atoms with Crippen molar-refractivity contribution in [3.63, 3.8) is 0 Å². The van der Waals surface area contributed by atoms with Crippen LogP contribution in [-0.4, -0.2) is 9.97 Å². The summed E-state index contributed by atoms with van der Waals surface area (Å²) in [5, 5.41) is 0. The second-order valence-electron chi connectivity index (χ2n) is 2.05. The third-order valence-electron chi connectivity index (χ3n) is 1.13. The fraction of sp³-hybridized carbons (Fsp3) is 0. The van der Waals surface area contributed by atoms with E-state index in [2.05, 4.69) is 9.97 Å². The van der Waals surface area contributed by atoms with Gasteiger partial charge in [0.1, 0.15) is 0 Å². The minimum absolute atomic E-state index is 0. The molecule has 0 aromatic carbocycles. The van der Waals surface area contributed by atoms with Gasteiger partial charge >= 0.3 is 0 Å². The molecule has 0 aliphatic carbocycles. The Morgan fingerprint density at radius 3 is 0.846 bits per heavy atom. The molecule has 0 saturated heterocycles. The number of hydrogen-bond donors (Lipinski definition) is 0. The van der Waals surface area contributed by atoms with Crippen LogP contribution < -0.4 is 0 Å². The molecule has 0 N–H and O–H groups in total. The Hall–Kier alpha value is -1.08. The van der Waals surface area contributed by atoms with Crippen molar-refractivity contribution in [2.24, 2.45) is 0 Å². The Morgan fingerprint density at radius 2 is 0.769 bits per heavy atom. The van der Waals surface area contributed by atoms with Crippen LogP contribution in [0.15, 0.2) is 61.2 Å². The molecular formula is C10H10N2Ru. The molecule has 0 fully saturated rings. The molecule has 0 saturated carbocycles. The van der Waals surface area contributed by atoms with Crippen molar-refractivity contribution in [3.05, 3.63) is 61.2 Å². The van der Waals surface area contributed by atoms with Crippen LogP contribution in [0.3, 0.4) is 0 Å². The van der Waals surface area contributed by atoms with E-state index in [0.717, 1.165) is 0 Å². The maximum absolute atomic E-state index is 3.78. The summed E-state index contributed by atoms with van der Waals surface area (Å²) in [5.41, 5.74) is 0. The van der Waals surface area contributed by atoms with Gasteiger partial charge in [0.15, 0.2) is 0 Å². The van der Waals surface area contributed by atoms with Gasteiger partial charge in [0.2, 0.25) is 0 Å². The van der Waals surface area contributed by atoms with E-state index < -0.39 is 0 Å². The van der Waals surface area contributed by atoms with E-state index in [-0.39, 0.29) is 19.5 Å². The van der Waals surface area contributed by atoms with Crippen LogP contribution in [-0.2, 0) is 19.5 Å². The summed E-state index contributed by atoms with van der Waals surface area (Å²) in [4.78, 5) is 7.57.